The predicted octanol–water partition coefficient (Wildman–Crippen LogP) is 2.29. The first-order valence-electron chi connectivity index (χ1n) is 6.02. The van der Waals surface area contributed by atoms with Gasteiger partial charge in [-0.05, 0) is 25.0 Å². The lowest BCUT2D eigenvalue weighted by atomic mass is 10.1. The maximum atomic E-state index is 9.30. The first kappa shape index (κ1) is 12.6. The first-order chi connectivity index (χ1) is 8.24. The third kappa shape index (κ3) is 2.90. The molecule has 2 rings (SSSR count). The van der Waals surface area contributed by atoms with Crippen molar-refractivity contribution in [2.75, 3.05) is 11.6 Å². The van der Waals surface area contributed by atoms with Gasteiger partial charge in [0.1, 0.15) is 5.82 Å². The number of aromatic nitrogens is 2. The molecule has 4 nitrogen and oxygen atoms in total. The van der Waals surface area contributed by atoms with Crippen molar-refractivity contribution in [1.82, 2.24) is 9.97 Å². The second-order valence-corrected chi connectivity index (χ2v) is 5.32. The van der Waals surface area contributed by atoms with E-state index in [9.17, 15) is 5.11 Å². The van der Waals surface area contributed by atoms with Crippen LogP contribution < -0.4 is 5.32 Å². The Morgan fingerprint density at radius 1 is 1.53 bits per heavy atom. The molecule has 1 aliphatic rings. The van der Waals surface area contributed by atoms with Gasteiger partial charge in [-0.25, -0.2) is 9.97 Å². The van der Waals surface area contributed by atoms with Crippen molar-refractivity contribution in [3.8, 4) is 0 Å². The van der Waals surface area contributed by atoms with Crippen LogP contribution >= 0.6 is 11.8 Å². The number of anilines is 1. The molecule has 1 heterocycles. The van der Waals surface area contributed by atoms with E-state index in [1.807, 2.05) is 6.26 Å². The minimum absolute atomic E-state index is 0.0158. The summed E-state index contributed by atoms with van der Waals surface area (Å²) in [5.74, 6) is 1.47. The highest BCUT2D eigenvalue weighted by atomic mass is 32.2. The molecule has 17 heavy (non-hydrogen) atoms. The Bertz CT molecular complexity index is 386. The Kier molecular flexibility index (Phi) is 4.23. The maximum absolute atomic E-state index is 9.30. The van der Waals surface area contributed by atoms with Crippen LogP contribution in [0, 0.1) is 5.92 Å². The number of rotatable bonds is 4. The van der Waals surface area contributed by atoms with E-state index in [0.717, 1.165) is 16.5 Å². The summed E-state index contributed by atoms with van der Waals surface area (Å²) in [5, 5.41) is 13.5. The zero-order chi connectivity index (χ0) is 12.3. The molecule has 2 unspecified atom stereocenters. The summed E-state index contributed by atoms with van der Waals surface area (Å²) in [4.78, 5) is 8.61. The molecular weight excluding hydrogens is 234 g/mol. The molecule has 1 aromatic heterocycles. The Morgan fingerprint density at radius 3 is 2.94 bits per heavy atom. The summed E-state index contributed by atoms with van der Waals surface area (Å²) < 4.78 is 0. The fraction of sp³-hybridized carbons (Fsp3) is 0.667. The standard InChI is InChI=1S/C12H19N3OS/c1-8-4-3-5-10(8)14-11-9(7-16)6-13-12(15-11)17-2/h6,8,10,16H,3-5,7H2,1-2H3,(H,13,14,15). The van der Waals surface area contributed by atoms with Gasteiger partial charge in [-0.15, -0.1) is 0 Å². The second kappa shape index (κ2) is 5.69. The molecule has 0 saturated heterocycles. The third-order valence-electron chi connectivity index (χ3n) is 3.38. The van der Waals surface area contributed by atoms with Crippen LogP contribution in [0.5, 0.6) is 0 Å². The molecule has 1 fully saturated rings. The summed E-state index contributed by atoms with van der Waals surface area (Å²) >= 11 is 1.52. The van der Waals surface area contributed by atoms with Gasteiger partial charge in [0, 0.05) is 17.8 Å². The average Bonchev–Trinajstić information content (AvgIpc) is 2.75. The summed E-state index contributed by atoms with van der Waals surface area (Å²) in [5.41, 5.74) is 0.780. The van der Waals surface area contributed by atoms with Gasteiger partial charge in [-0.2, -0.15) is 0 Å². The fourth-order valence-electron chi connectivity index (χ4n) is 2.27. The largest absolute Gasteiger partial charge is 0.391 e. The monoisotopic (exact) mass is 253 g/mol. The van der Waals surface area contributed by atoms with Crippen LogP contribution in [-0.2, 0) is 6.61 Å². The van der Waals surface area contributed by atoms with Crippen molar-refractivity contribution in [3.63, 3.8) is 0 Å². The van der Waals surface area contributed by atoms with E-state index in [0.29, 0.717) is 12.0 Å². The van der Waals surface area contributed by atoms with Gasteiger partial charge in [0.25, 0.3) is 0 Å². The van der Waals surface area contributed by atoms with Crippen molar-refractivity contribution in [3.05, 3.63) is 11.8 Å². The molecule has 1 aliphatic carbocycles. The molecule has 0 aliphatic heterocycles. The van der Waals surface area contributed by atoms with E-state index in [2.05, 4.69) is 22.2 Å². The second-order valence-electron chi connectivity index (χ2n) is 4.55. The maximum Gasteiger partial charge on any atom is 0.189 e. The zero-order valence-electron chi connectivity index (χ0n) is 10.3. The van der Waals surface area contributed by atoms with Crippen LogP contribution in [0.1, 0.15) is 31.7 Å². The molecule has 5 heteroatoms. The van der Waals surface area contributed by atoms with Crippen LogP contribution in [0.4, 0.5) is 5.82 Å². The lowest BCUT2D eigenvalue weighted by molar-refractivity contribution is 0.281. The Hall–Kier alpha value is -0.810. The Morgan fingerprint density at radius 2 is 2.35 bits per heavy atom. The van der Waals surface area contributed by atoms with Crippen molar-refractivity contribution in [1.29, 1.82) is 0 Å². The van der Waals surface area contributed by atoms with Gasteiger partial charge in [-0.3, -0.25) is 0 Å². The van der Waals surface area contributed by atoms with Crippen molar-refractivity contribution >= 4 is 17.6 Å². The van der Waals surface area contributed by atoms with E-state index in [1.165, 1.54) is 31.0 Å². The fourth-order valence-corrected chi connectivity index (χ4v) is 2.61. The quantitative estimate of drug-likeness (QED) is 0.637. The van der Waals surface area contributed by atoms with Crippen LogP contribution in [0.25, 0.3) is 0 Å². The number of aliphatic hydroxyl groups is 1. The lowest BCUT2D eigenvalue weighted by Gasteiger charge is -2.19. The zero-order valence-corrected chi connectivity index (χ0v) is 11.1. The molecule has 0 radical (unpaired) electrons. The van der Waals surface area contributed by atoms with Gasteiger partial charge < -0.3 is 10.4 Å². The predicted molar refractivity (Wildman–Crippen MR) is 70.2 cm³/mol. The third-order valence-corrected chi connectivity index (χ3v) is 3.94. The number of thioether (sulfide) groups is 1. The van der Waals surface area contributed by atoms with Gasteiger partial charge in [0.15, 0.2) is 5.16 Å². The number of hydrogen-bond acceptors (Lipinski definition) is 5. The van der Waals surface area contributed by atoms with E-state index in [1.54, 1.807) is 6.20 Å². The Labute approximate surface area is 106 Å². The van der Waals surface area contributed by atoms with Crippen molar-refractivity contribution < 1.29 is 5.11 Å². The number of nitrogens with one attached hydrogen (secondary N) is 1. The number of hydrogen-bond donors (Lipinski definition) is 2. The highest BCUT2D eigenvalue weighted by Crippen LogP contribution is 2.28. The highest BCUT2D eigenvalue weighted by Gasteiger charge is 2.24. The number of nitrogens with zero attached hydrogens (tertiary/aromatic N) is 2. The first-order valence-corrected chi connectivity index (χ1v) is 7.24. The topological polar surface area (TPSA) is 58.0 Å². The molecule has 0 spiro atoms. The van der Waals surface area contributed by atoms with E-state index < -0.39 is 0 Å². The molecule has 94 valence electrons. The van der Waals surface area contributed by atoms with Crippen LogP contribution in [-0.4, -0.2) is 27.4 Å². The molecular formula is C12H19N3OS. The van der Waals surface area contributed by atoms with Gasteiger partial charge >= 0.3 is 0 Å². The van der Waals surface area contributed by atoms with E-state index >= 15 is 0 Å². The summed E-state index contributed by atoms with van der Waals surface area (Å²) in [6.45, 7) is 2.25. The molecule has 0 amide bonds. The molecule has 1 saturated carbocycles. The molecule has 2 atom stereocenters. The molecule has 0 aromatic carbocycles. The van der Waals surface area contributed by atoms with E-state index in [4.69, 9.17) is 0 Å². The Balaban J connectivity index is 2.17. The average molecular weight is 253 g/mol. The van der Waals surface area contributed by atoms with Crippen LogP contribution in [0.2, 0.25) is 0 Å². The molecule has 2 N–H and O–H groups in total. The van der Waals surface area contributed by atoms with Crippen molar-refractivity contribution in [2.24, 2.45) is 5.92 Å². The summed E-state index contributed by atoms with van der Waals surface area (Å²) in [7, 11) is 0. The van der Waals surface area contributed by atoms with Gasteiger partial charge in [0.2, 0.25) is 0 Å². The van der Waals surface area contributed by atoms with Crippen LogP contribution in [0.15, 0.2) is 11.4 Å². The number of aliphatic hydroxyl groups excluding tert-OH is 1. The minimum atomic E-state index is -0.0158. The van der Waals surface area contributed by atoms with Crippen LogP contribution in [0.3, 0.4) is 0 Å². The van der Waals surface area contributed by atoms with Crippen molar-refractivity contribution in [2.45, 2.75) is 44.0 Å². The SMILES string of the molecule is CSc1ncc(CO)c(NC2CCCC2C)n1. The minimum Gasteiger partial charge on any atom is -0.391 e. The lowest BCUT2D eigenvalue weighted by Crippen LogP contribution is -2.23. The van der Waals surface area contributed by atoms with E-state index in [-0.39, 0.29) is 6.61 Å². The molecule has 1 aromatic rings. The summed E-state index contributed by atoms with van der Waals surface area (Å²) in [6.07, 6.45) is 7.39. The van der Waals surface area contributed by atoms with Gasteiger partial charge in [0.05, 0.1) is 6.61 Å². The smallest absolute Gasteiger partial charge is 0.189 e. The summed E-state index contributed by atoms with van der Waals surface area (Å²) in [6, 6.07) is 0.477. The normalized spacial score (nSPS) is 23.9. The van der Waals surface area contributed by atoms with Gasteiger partial charge in [-0.1, -0.05) is 25.1 Å². The highest BCUT2D eigenvalue weighted by molar-refractivity contribution is 7.98. The molecule has 0 bridgehead atoms.